The third-order valence-corrected chi connectivity index (χ3v) is 15.0. The van der Waals surface area contributed by atoms with Gasteiger partial charge in [-0.15, -0.1) is 0 Å². The lowest BCUT2D eigenvalue weighted by Crippen LogP contribution is -2.57. The Morgan fingerprint density at radius 3 is 1.24 bits per heavy atom. The summed E-state index contributed by atoms with van der Waals surface area (Å²) in [5, 5.41) is 0. The van der Waals surface area contributed by atoms with Crippen LogP contribution in [-0.4, -0.2) is 37.7 Å². The Balaban J connectivity index is 1.64. The number of allylic oxidation sites excluding steroid dienone is 2. The predicted octanol–water partition coefficient (Wildman–Crippen LogP) is 15.4. The van der Waals surface area contributed by atoms with E-state index in [0.29, 0.717) is 56.8 Å². The molecule has 4 bridgehead atoms. The lowest BCUT2D eigenvalue weighted by atomic mass is 9.38. The number of hydrogen-bond acceptors (Lipinski definition) is 6. The average Bonchev–Trinajstić information content (AvgIpc) is 3.18. The normalized spacial score (nSPS) is 23.7. The second-order valence-electron chi connectivity index (χ2n) is 20.4. The first-order valence-corrected chi connectivity index (χ1v) is 25.7. The smallest absolute Gasteiger partial charge is 0.306 e. The van der Waals surface area contributed by atoms with Gasteiger partial charge in [-0.05, 0) is 150 Å². The van der Waals surface area contributed by atoms with E-state index < -0.39 is 0 Å². The van der Waals surface area contributed by atoms with Crippen molar-refractivity contribution in [2.75, 3.05) is 19.8 Å². The Morgan fingerprint density at radius 2 is 0.881 bits per heavy atom. The number of carbonyl (C=O) groups excluding carboxylic acids is 3. The molecule has 4 saturated carbocycles. The highest BCUT2D eigenvalue weighted by atomic mass is 16.5. The molecule has 0 N–H and O–H groups in total. The number of esters is 3. The van der Waals surface area contributed by atoms with Crippen LogP contribution in [0.5, 0.6) is 0 Å². The molecule has 4 fully saturated rings. The minimum absolute atomic E-state index is 0.00836. The third-order valence-electron chi connectivity index (χ3n) is 15.0. The van der Waals surface area contributed by atoms with Crippen LogP contribution in [0, 0.1) is 34.0 Å². The summed E-state index contributed by atoms with van der Waals surface area (Å²) in [6, 6.07) is 0. The summed E-state index contributed by atoms with van der Waals surface area (Å²) in [4.78, 5) is 39.5. The molecule has 0 aromatic heterocycles. The molecule has 0 aromatic carbocycles. The zero-order valence-electron chi connectivity index (χ0n) is 39.7. The quantitative estimate of drug-likeness (QED) is 0.0271. The van der Waals surface area contributed by atoms with Crippen molar-refractivity contribution in [3.63, 3.8) is 0 Å². The Labute approximate surface area is 364 Å². The van der Waals surface area contributed by atoms with Crippen LogP contribution in [-0.2, 0) is 28.6 Å². The second-order valence-corrected chi connectivity index (χ2v) is 20.4. The van der Waals surface area contributed by atoms with Crippen molar-refractivity contribution in [1.82, 2.24) is 0 Å². The standard InChI is InChI=1S/C53H94O6/c1-7-13-17-25-45(26-18-14-8-2)36-49(55)58-34-31-52-39-47-38-51(41-52,30-33-57-48(54)29-22-21-24-44(12-6)23-11-5)42-53(40-47,43-52)32-35-59-50(56)37-46(27-19-15-9-3)28-20-16-10-4/h23,45-47H,7-22,24-43H2,1-6H3/b44-23+. The molecule has 6 heteroatoms. The van der Waals surface area contributed by atoms with Crippen molar-refractivity contribution in [3.05, 3.63) is 11.6 Å². The highest BCUT2D eigenvalue weighted by Gasteiger charge is 2.62. The Bertz CT molecular complexity index is 1130. The van der Waals surface area contributed by atoms with Gasteiger partial charge in [-0.25, -0.2) is 0 Å². The van der Waals surface area contributed by atoms with Crippen LogP contribution in [0.1, 0.15) is 253 Å². The summed E-state index contributed by atoms with van der Waals surface area (Å²) in [5.74, 6) is 1.43. The third kappa shape index (κ3) is 19.4. The van der Waals surface area contributed by atoms with Crippen molar-refractivity contribution in [1.29, 1.82) is 0 Å². The van der Waals surface area contributed by atoms with Crippen LogP contribution < -0.4 is 0 Å². The highest BCUT2D eigenvalue weighted by Crippen LogP contribution is 2.72. The van der Waals surface area contributed by atoms with Crippen LogP contribution in [0.2, 0.25) is 0 Å². The minimum Gasteiger partial charge on any atom is -0.466 e. The minimum atomic E-state index is -0.0547. The summed E-state index contributed by atoms with van der Waals surface area (Å²) in [6.45, 7) is 14.9. The molecule has 0 saturated heterocycles. The maximum absolute atomic E-state index is 13.3. The van der Waals surface area contributed by atoms with Crippen LogP contribution in [0.4, 0.5) is 0 Å². The summed E-state index contributed by atoms with van der Waals surface area (Å²) < 4.78 is 18.2. The van der Waals surface area contributed by atoms with E-state index in [0.717, 1.165) is 96.3 Å². The van der Waals surface area contributed by atoms with E-state index in [9.17, 15) is 14.4 Å². The number of carbonyl (C=O) groups is 3. The van der Waals surface area contributed by atoms with Gasteiger partial charge in [-0.2, -0.15) is 0 Å². The molecule has 0 heterocycles. The number of ether oxygens (including phenoxy) is 3. The fraction of sp³-hybridized carbons (Fsp3) is 0.906. The lowest BCUT2D eigenvalue weighted by Gasteiger charge is -2.67. The lowest BCUT2D eigenvalue weighted by molar-refractivity contribution is -0.182. The van der Waals surface area contributed by atoms with Crippen LogP contribution in [0.15, 0.2) is 11.6 Å². The zero-order chi connectivity index (χ0) is 42.8. The molecule has 4 aliphatic rings. The van der Waals surface area contributed by atoms with E-state index in [-0.39, 0.29) is 34.2 Å². The molecule has 6 nitrogen and oxygen atoms in total. The molecule has 0 amide bonds. The van der Waals surface area contributed by atoms with Gasteiger partial charge in [0.2, 0.25) is 0 Å². The maximum atomic E-state index is 13.3. The number of hydrogen-bond donors (Lipinski definition) is 0. The van der Waals surface area contributed by atoms with E-state index in [1.54, 1.807) is 0 Å². The molecular formula is C53H94O6. The maximum Gasteiger partial charge on any atom is 0.306 e. The van der Waals surface area contributed by atoms with Crippen molar-refractivity contribution in [2.45, 2.75) is 253 Å². The summed E-state index contributed by atoms with van der Waals surface area (Å²) >= 11 is 0. The van der Waals surface area contributed by atoms with Gasteiger partial charge in [-0.1, -0.05) is 130 Å². The molecule has 2 unspecified atom stereocenters. The van der Waals surface area contributed by atoms with Crippen molar-refractivity contribution < 1.29 is 28.6 Å². The van der Waals surface area contributed by atoms with Gasteiger partial charge >= 0.3 is 17.9 Å². The Kier molecular flexibility index (Phi) is 25.0. The van der Waals surface area contributed by atoms with E-state index in [1.807, 2.05) is 0 Å². The van der Waals surface area contributed by atoms with Crippen molar-refractivity contribution in [2.24, 2.45) is 34.0 Å². The molecule has 0 aliphatic heterocycles. The SMILES string of the molecule is CC/C=C(\CC)CCCCC(=O)OCCC12CC3CC(CCOC(=O)CC(CCCCC)CCCCC)(C1)CC(CCOC(=O)CC(CCCCC)CCCCC)(C3)C2. The molecule has 0 radical (unpaired) electrons. The van der Waals surface area contributed by atoms with E-state index in [4.69, 9.17) is 14.2 Å². The van der Waals surface area contributed by atoms with Gasteiger partial charge in [0.15, 0.2) is 0 Å². The van der Waals surface area contributed by atoms with Crippen molar-refractivity contribution >= 4 is 17.9 Å². The Morgan fingerprint density at radius 1 is 0.508 bits per heavy atom. The first-order valence-electron chi connectivity index (χ1n) is 25.7. The highest BCUT2D eigenvalue weighted by molar-refractivity contribution is 5.70. The van der Waals surface area contributed by atoms with Crippen molar-refractivity contribution in [3.8, 4) is 0 Å². The van der Waals surface area contributed by atoms with E-state index >= 15 is 0 Å². The largest absolute Gasteiger partial charge is 0.466 e. The molecule has 4 rings (SSSR count). The topological polar surface area (TPSA) is 78.9 Å². The number of unbranched alkanes of at least 4 members (excludes halogenated alkanes) is 9. The van der Waals surface area contributed by atoms with Gasteiger partial charge in [0.05, 0.1) is 19.8 Å². The predicted molar refractivity (Wildman–Crippen MR) is 245 cm³/mol. The van der Waals surface area contributed by atoms with Gasteiger partial charge in [0, 0.05) is 19.3 Å². The van der Waals surface area contributed by atoms with Crippen LogP contribution in [0.25, 0.3) is 0 Å². The monoisotopic (exact) mass is 827 g/mol. The van der Waals surface area contributed by atoms with E-state index in [2.05, 4.69) is 47.6 Å². The summed E-state index contributed by atoms with van der Waals surface area (Å²) in [6.07, 6.45) is 38.0. The summed E-state index contributed by atoms with van der Waals surface area (Å²) in [7, 11) is 0. The molecular weight excluding hydrogens is 733 g/mol. The molecule has 2 atom stereocenters. The average molecular weight is 827 g/mol. The molecule has 0 spiro atoms. The fourth-order valence-corrected chi connectivity index (χ4v) is 12.5. The van der Waals surface area contributed by atoms with Crippen LogP contribution >= 0.6 is 0 Å². The molecule has 59 heavy (non-hydrogen) atoms. The van der Waals surface area contributed by atoms with Gasteiger partial charge in [0.1, 0.15) is 0 Å². The zero-order valence-corrected chi connectivity index (χ0v) is 39.7. The first-order chi connectivity index (χ1) is 28.6. The summed E-state index contributed by atoms with van der Waals surface area (Å²) in [5.41, 5.74) is 1.88. The van der Waals surface area contributed by atoms with Crippen LogP contribution in [0.3, 0.4) is 0 Å². The second kappa shape index (κ2) is 28.7. The molecule has 0 aromatic rings. The number of rotatable bonds is 36. The van der Waals surface area contributed by atoms with Gasteiger partial charge in [0.25, 0.3) is 0 Å². The first kappa shape index (κ1) is 51.5. The Hall–Kier alpha value is -1.85. The molecule has 342 valence electrons. The van der Waals surface area contributed by atoms with E-state index in [1.165, 1.54) is 102 Å². The molecule has 4 aliphatic carbocycles. The van der Waals surface area contributed by atoms with Gasteiger partial charge in [-0.3, -0.25) is 14.4 Å². The van der Waals surface area contributed by atoms with Gasteiger partial charge < -0.3 is 14.2 Å². The fourth-order valence-electron chi connectivity index (χ4n) is 12.5.